The van der Waals surface area contributed by atoms with Crippen molar-refractivity contribution in [1.29, 1.82) is 0 Å². The van der Waals surface area contributed by atoms with Crippen molar-refractivity contribution in [3.8, 4) is 5.75 Å². The molecule has 0 aromatic heterocycles. The van der Waals surface area contributed by atoms with Gasteiger partial charge in [0.25, 0.3) is 5.91 Å². The molecule has 172 valence electrons. The van der Waals surface area contributed by atoms with Crippen molar-refractivity contribution in [3.05, 3.63) is 64.2 Å². The number of unbranched alkanes of at least 4 members (excludes halogenated alkanes) is 1. The van der Waals surface area contributed by atoms with E-state index in [1.165, 1.54) is 18.2 Å². The highest BCUT2D eigenvalue weighted by Gasteiger charge is 2.38. The highest BCUT2D eigenvalue weighted by atomic mass is 16.6. The molecule has 1 aliphatic rings. The van der Waals surface area contributed by atoms with Gasteiger partial charge in [-0.1, -0.05) is 53.2 Å². The van der Waals surface area contributed by atoms with E-state index in [9.17, 15) is 9.59 Å². The van der Waals surface area contributed by atoms with E-state index in [-0.39, 0.29) is 22.5 Å². The Morgan fingerprint density at radius 3 is 2.06 bits per heavy atom. The largest absolute Gasteiger partial charge is 0.493 e. The van der Waals surface area contributed by atoms with E-state index in [2.05, 4.69) is 51.0 Å². The van der Waals surface area contributed by atoms with Gasteiger partial charge in [-0.3, -0.25) is 14.4 Å². The molecule has 2 aromatic carbocycles. The van der Waals surface area contributed by atoms with Crippen LogP contribution in [0.15, 0.2) is 36.4 Å². The van der Waals surface area contributed by atoms with Gasteiger partial charge < -0.3 is 4.74 Å². The fourth-order valence-electron chi connectivity index (χ4n) is 4.30. The van der Waals surface area contributed by atoms with Crippen LogP contribution in [0.25, 0.3) is 0 Å². The van der Waals surface area contributed by atoms with Crippen LogP contribution in [-0.4, -0.2) is 25.4 Å². The summed E-state index contributed by atoms with van der Waals surface area (Å²) < 4.78 is 6.14. The molecule has 0 saturated carbocycles. The van der Waals surface area contributed by atoms with Crippen molar-refractivity contribution >= 4 is 11.7 Å². The Morgan fingerprint density at radius 2 is 1.50 bits per heavy atom. The lowest BCUT2D eigenvalue weighted by Gasteiger charge is -2.42. The van der Waals surface area contributed by atoms with Crippen LogP contribution in [0, 0.1) is 0 Å². The summed E-state index contributed by atoms with van der Waals surface area (Å²) in [6, 6.07) is 10.8. The van der Waals surface area contributed by atoms with Gasteiger partial charge in [-0.15, -0.1) is 0 Å². The van der Waals surface area contributed by atoms with Crippen molar-refractivity contribution in [2.24, 2.45) is 0 Å². The highest BCUT2D eigenvalue weighted by Crippen LogP contribution is 2.48. The van der Waals surface area contributed by atoms with E-state index < -0.39 is 0 Å². The number of hydroxylamine groups is 1. The van der Waals surface area contributed by atoms with Crippen molar-refractivity contribution in [2.75, 3.05) is 13.7 Å². The summed E-state index contributed by atoms with van der Waals surface area (Å²) >= 11 is 0. The second-order valence-electron chi connectivity index (χ2n) is 9.91. The van der Waals surface area contributed by atoms with E-state index >= 15 is 0 Å². The number of carbonyl (C=O) groups excluding carboxylic acids is 2. The number of amides is 1. The Hall–Kier alpha value is -2.66. The van der Waals surface area contributed by atoms with Crippen molar-refractivity contribution < 1.29 is 19.2 Å². The van der Waals surface area contributed by atoms with Crippen LogP contribution < -0.4 is 10.2 Å². The molecule has 0 aliphatic heterocycles. The Kier molecular flexibility index (Phi) is 7.09. The number of nitrogens with one attached hydrogen (secondary N) is 1. The molecule has 0 fully saturated rings. The minimum Gasteiger partial charge on any atom is -0.493 e. The third-order valence-corrected chi connectivity index (χ3v) is 6.56. The Bertz CT molecular complexity index is 989. The topological polar surface area (TPSA) is 64.6 Å². The molecule has 0 bridgehead atoms. The number of ketones is 1. The van der Waals surface area contributed by atoms with E-state index in [0.29, 0.717) is 29.0 Å². The third kappa shape index (κ3) is 4.88. The highest BCUT2D eigenvalue weighted by molar-refractivity contribution is 6.11. The van der Waals surface area contributed by atoms with Gasteiger partial charge in [0.05, 0.1) is 19.3 Å². The van der Waals surface area contributed by atoms with E-state index in [1.807, 2.05) is 6.07 Å². The van der Waals surface area contributed by atoms with Crippen LogP contribution in [0.4, 0.5) is 0 Å². The molecule has 1 amide bonds. The van der Waals surface area contributed by atoms with Gasteiger partial charge in [-0.2, -0.15) is 0 Å². The number of hydrogen-bond acceptors (Lipinski definition) is 4. The lowest BCUT2D eigenvalue weighted by Crippen LogP contribution is -2.34. The molecule has 1 aliphatic carbocycles. The summed E-state index contributed by atoms with van der Waals surface area (Å²) in [6.07, 6.45) is 4.13. The molecule has 2 aromatic rings. The molecular weight excluding hydrogens is 402 g/mol. The fourth-order valence-corrected chi connectivity index (χ4v) is 4.30. The number of carbonyl (C=O) groups is 2. The summed E-state index contributed by atoms with van der Waals surface area (Å²) in [4.78, 5) is 30.2. The first kappa shape index (κ1) is 24.0. The van der Waals surface area contributed by atoms with Crippen LogP contribution in [0.2, 0.25) is 0 Å². The average molecular weight is 438 g/mol. The first-order valence-corrected chi connectivity index (χ1v) is 11.4. The maximum atomic E-state index is 13.6. The minimum atomic E-state index is -0.354. The number of rotatable bonds is 8. The maximum absolute atomic E-state index is 13.6. The molecule has 1 N–H and O–H groups in total. The molecule has 0 heterocycles. The van der Waals surface area contributed by atoms with Crippen LogP contribution >= 0.6 is 0 Å². The predicted molar refractivity (Wildman–Crippen MR) is 126 cm³/mol. The van der Waals surface area contributed by atoms with Crippen LogP contribution in [0.1, 0.15) is 97.7 Å². The Balaban J connectivity index is 2.05. The zero-order chi connectivity index (χ0) is 23.5. The van der Waals surface area contributed by atoms with Gasteiger partial charge in [0.2, 0.25) is 0 Å². The van der Waals surface area contributed by atoms with Crippen LogP contribution in [-0.2, 0) is 15.7 Å². The zero-order valence-corrected chi connectivity index (χ0v) is 20.1. The van der Waals surface area contributed by atoms with E-state index in [4.69, 9.17) is 4.74 Å². The van der Waals surface area contributed by atoms with Gasteiger partial charge in [0.1, 0.15) is 5.75 Å². The third-order valence-electron chi connectivity index (χ3n) is 6.56. The number of benzene rings is 2. The maximum Gasteiger partial charge on any atom is 0.274 e. The monoisotopic (exact) mass is 437 g/mol. The number of fused-ring (bicyclic) bond motifs is 1. The smallest absolute Gasteiger partial charge is 0.274 e. The molecular formula is C27H35NO4. The molecule has 0 unspecified atom stereocenters. The summed E-state index contributed by atoms with van der Waals surface area (Å²) in [5, 5.41) is 0. The molecule has 0 radical (unpaired) electrons. The van der Waals surface area contributed by atoms with Gasteiger partial charge in [0, 0.05) is 11.1 Å². The number of hydrogen-bond donors (Lipinski definition) is 1. The summed E-state index contributed by atoms with van der Waals surface area (Å²) in [7, 11) is 1.38. The average Bonchev–Trinajstić information content (AvgIpc) is 2.76. The summed E-state index contributed by atoms with van der Waals surface area (Å²) in [5.74, 6) is 0.194. The predicted octanol–water partition coefficient (Wildman–Crippen LogP) is 5.74. The molecule has 32 heavy (non-hydrogen) atoms. The first-order valence-electron chi connectivity index (χ1n) is 11.4. The van der Waals surface area contributed by atoms with Gasteiger partial charge in [-0.25, -0.2) is 5.48 Å². The van der Waals surface area contributed by atoms with E-state index in [1.54, 1.807) is 24.3 Å². The first-order chi connectivity index (χ1) is 15.1. The molecule has 5 nitrogen and oxygen atoms in total. The van der Waals surface area contributed by atoms with Crippen molar-refractivity contribution in [2.45, 2.75) is 71.1 Å². The van der Waals surface area contributed by atoms with Crippen molar-refractivity contribution in [3.63, 3.8) is 0 Å². The SMILES string of the molecule is CCCCOc1cc2c(cc1C(=O)c1ccc(C(=O)NOC)cc1)C(C)(C)CCC2(C)C. The summed E-state index contributed by atoms with van der Waals surface area (Å²) in [6.45, 7) is 11.7. The van der Waals surface area contributed by atoms with E-state index in [0.717, 1.165) is 25.7 Å². The molecule has 0 atom stereocenters. The second-order valence-corrected chi connectivity index (χ2v) is 9.91. The van der Waals surface area contributed by atoms with Crippen LogP contribution in [0.3, 0.4) is 0 Å². The molecule has 0 saturated heterocycles. The molecule has 0 spiro atoms. The fraction of sp³-hybridized carbons (Fsp3) is 0.481. The van der Waals surface area contributed by atoms with Crippen LogP contribution in [0.5, 0.6) is 5.75 Å². The minimum absolute atomic E-state index is 0.00999. The normalized spacial score (nSPS) is 16.2. The molecule has 5 heteroatoms. The Morgan fingerprint density at radius 1 is 0.938 bits per heavy atom. The van der Waals surface area contributed by atoms with Crippen molar-refractivity contribution in [1.82, 2.24) is 5.48 Å². The van der Waals surface area contributed by atoms with Gasteiger partial charge >= 0.3 is 0 Å². The Labute approximate surface area is 191 Å². The zero-order valence-electron chi connectivity index (χ0n) is 20.1. The van der Waals surface area contributed by atoms with Gasteiger partial charge in [0.15, 0.2) is 5.78 Å². The summed E-state index contributed by atoms with van der Waals surface area (Å²) in [5.41, 5.74) is 6.33. The second kappa shape index (κ2) is 9.45. The quantitative estimate of drug-likeness (QED) is 0.325. The lowest BCUT2D eigenvalue weighted by molar-refractivity contribution is 0.0537. The standard InChI is InChI=1S/C27H35NO4/c1-7-8-15-32-23-17-22-21(26(2,3)13-14-27(22,4)5)16-20(23)24(29)18-9-11-19(12-10-18)25(30)28-31-6/h9-12,16-17H,7-8,13-15H2,1-6H3,(H,28,30). The number of ether oxygens (including phenoxy) is 1. The molecule has 3 rings (SSSR count). The van der Waals surface area contributed by atoms with Gasteiger partial charge in [-0.05, 0) is 65.5 Å². The lowest BCUT2D eigenvalue weighted by atomic mass is 9.62.